The molecule has 1 fully saturated rings. The molecule has 0 bridgehead atoms. The molecule has 1 aliphatic heterocycles. The highest BCUT2D eigenvalue weighted by atomic mass is 127. The van der Waals surface area contributed by atoms with Crippen LogP contribution in [0.25, 0.3) is 0 Å². The maximum Gasteiger partial charge on any atom is 0.193 e. The molecule has 2 rings (SSSR count). The molecule has 1 aromatic carbocycles. The summed E-state index contributed by atoms with van der Waals surface area (Å²) in [6.07, 6.45) is 2.39. The third kappa shape index (κ3) is 7.92. The predicted molar refractivity (Wildman–Crippen MR) is 119 cm³/mol. The van der Waals surface area contributed by atoms with Gasteiger partial charge in [-0.3, -0.25) is 4.99 Å². The Bertz CT molecular complexity index is 517. The van der Waals surface area contributed by atoms with Gasteiger partial charge in [0.1, 0.15) is 0 Å². The minimum absolute atomic E-state index is 0. The van der Waals surface area contributed by atoms with E-state index in [4.69, 9.17) is 5.73 Å². The summed E-state index contributed by atoms with van der Waals surface area (Å²) >= 11 is 0. The van der Waals surface area contributed by atoms with Crippen LogP contribution >= 0.6 is 24.0 Å². The van der Waals surface area contributed by atoms with E-state index in [-0.39, 0.29) is 24.0 Å². The summed E-state index contributed by atoms with van der Waals surface area (Å²) < 4.78 is 0. The van der Waals surface area contributed by atoms with Gasteiger partial charge in [0.2, 0.25) is 0 Å². The summed E-state index contributed by atoms with van der Waals surface area (Å²) in [5, 5.41) is 3.18. The van der Waals surface area contributed by atoms with Gasteiger partial charge in [0, 0.05) is 25.3 Å². The summed E-state index contributed by atoms with van der Waals surface area (Å²) in [7, 11) is 2.19. The van der Waals surface area contributed by atoms with E-state index in [1.54, 1.807) is 0 Å². The third-order valence-electron chi connectivity index (χ3n) is 4.87. The van der Waals surface area contributed by atoms with Gasteiger partial charge in [-0.1, -0.05) is 26.0 Å². The second-order valence-corrected chi connectivity index (χ2v) is 6.82. The molecule has 25 heavy (non-hydrogen) atoms. The van der Waals surface area contributed by atoms with Gasteiger partial charge in [-0.25, -0.2) is 0 Å². The molecule has 1 aliphatic rings. The highest BCUT2D eigenvalue weighted by Gasteiger charge is 2.11. The maximum atomic E-state index is 6.01. The van der Waals surface area contributed by atoms with Crippen molar-refractivity contribution in [2.45, 2.75) is 32.6 Å². The second kappa shape index (κ2) is 11.7. The molecule has 1 unspecified atom stereocenters. The Morgan fingerprint density at radius 3 is 2.60 bits per heavy atom. The van der Waals surface area contributed by atoms with Gasteiger partial charge < -0.3 is 20.9 Å². The normalized spacial score (nSPS) is 18.3. The SMILES string of the molecule is CCC(C)c1ccc(NC(N)=NCCN2CCCN(C)CC2)cc1.I. The predicted octanol–water partition coefficient (Wildman–Crippen LogP) is 3.18. The molecule has 0 amide bonds. The van der Waals surface area contributed by atoms with Crippen molar-refractivity contribution in [3.63, 3.8) is 0 Å². The fourth-order valence-corrected chi connectivity index (χ4v) is 2.95. The Morgan fingerprint density at radius 2 is 1.92 bits per heavy atom. The standard InChI is InChI=1S/C19H33N5.HI/c1-4-16(2)17-6-8-18(9-7-17)22-19(20)21-10-13-24-12-5-11-23(3)14-15-24;/h6-9,16H,4-5,10-15H2,1-3H3,(H3,20,21,22);1H. The van der Waals surface area contributed by atoms with Crippen molar-refractivity contribution in [1.82, 2.24) is 9.80 Å². The Morgan fingerprint density at radius 1 is 1.20 bits per heavy atom. The number of benzene rings is 1. The van der Waals surface area contributed by atoms with Crippen molar-refractivity contribution in [1.29, 1.82) is 0 Å². The van der Waals surface area contributed by atoms with Crippen LogP contribution in [-0.2, 0) is 0 Å². The molecule has 0 saturated carbocycles. The van der Waals surface area contributed by atoms with E-state index in [0.717, 1.165) is 44.8 Å². The highest BCUT2D eigenvalue weighted by Crippen LogP contribution is 2.20. The molecular weight excluding hydrogens is 425 g/mol. The second-order valence-electron chi connectivity index (χ2n) is 6.82. The van der Waals surface area contributed by atoms with Gasteiger partial charge in [-0.15, -0.1) is 24.0 Å². The van der Waals surface area contributed by atoms with Crippen LogP contribution in [0.15, 0.2) is 29.3 Å². The molecule has 1 heterocycles. The van der Waals surface area contributed by atoms with E-state index in [0.29, 0.717) is 11.9 Å². The number of anilines is 1. The molecule has 0 aromatic heterocycles. The van der Waals surface area contributed by atoms with Crippen LogP contribution in [0.3, 0.4) is 0 Å². The molecule has 0 radical (unpaired) electrons. The van der Waals surface area contributed by atoms with Gasteiger partial charge in [0.05, 0.1) is 6.54 Å². The van der Waals surface area contributed by atoms with Gasteiger partial charge in [-0.2, -0.15) is 0 Å². The van der Waals surface area contributed by atoms with Crippen molar-refractivity contribution in [3.05, 3.63) is 29.8 Å². The number of aliphatic imine (C=N–C) groups is 1. The van der Waals surface area contributed by atoms with Gasteiger partial charge in [-0.05, 0) is 56.6 Å². The quantitative estimate of drug-likeness (QED) is 0.390. The van der Waals surface area contributed by atoms with E-state index in [1.807, 2.05) is 0 Å². The molecule has 142 valence electrons. The lowest BCUT2D eigenvalue weighted by Gasteiger charge is -2.18. The van der Waals surface area contributed by atoms with Crippen LogP contribution in [0, 0.1) is 0 Å². The van der Waals surface area contributed by atoms with E-state index in [2.05, 4.69) is 65.3 Å². The largest absolute Gasteiger partial charge is 0.370 e. The summed E-state index contributed by atoms with van der Waals surface area (Å²) in [5.74, 6) is 1.09. The molecule has 5 nitrogen and oxygen atoms in total. The number of nitrogens with zero attached hydrogens (tertiary/aromatic N) is 3. The Labute approximate surface area is 170 Å². The summed E-state index contributed by atoms with van der Waals surface area (Å²) in [6.45, 7) is 10.8. The number of guanidine groups is 1. The molecule has 1 atom stereocenters. The summed E-state index contributed by atoms with van der Waals surface area (Å²) in [4.78, 5) is 9.33. The fourth-order valence-electron chi connectivity index (χ4n) is 2.95. The maximum absolute atomic E-state index is 6.01. The average molecular weight is 459 g/mol. The first-order valence-electron chi connectivity index (χ1n) is 9.16. The minimum atomic E-state index is 0. The van der Waals surface area contributed by atoms with Gasteiger partial charge >= 0.3 is 0 Å². The third-order valence-corrected chi connectivity index (χ3v) is 4.87. The highest BCUT2D eigenvalue weighted by molar-refractivity contribution is 14.0. The molecule has 6 heteroatoms. The lowest BCUT2D eigenvalue weighted by molar-refractivity contribution is 0.283. The number of nitrogens with one attached hydrogen (secondary N) is 1. The molecule has 0 spiro atoms. The number of halogens is 1. The Hall–Kier alpha value is -0.860. The van der Waals surface area contributed by atoms with Crippen LogP contribution in [0.2, 0.25) is 0 Å². The van der Waals surface area contributed by atoms with Crippen LogP contribution in [0.1, 0.15) is 38.2 Å². The average Bonchev–Trinajstić information content (AvgIpc) is 2.79. The number of hydrogen-bond donors (Lipinski definition) is 2. The fraction of sp³-hybridized carbons (Fsp3) is 0.632. The lowest BCUT2D eigenvalue weighted by Crippen LogP contribution is -2.32. The zero-order valence-corrected chi connectivity index (χ0v) is 18.2. The van der Waals surface area contributed by atoms with Crippen LogP contribution in [0.5, 0.6) is 0 Å². The first kappa shape index (κ1) is 22.2. The Balaban J connectivity index is 0.00000312. The molecular formula is C19H34IN5. The van der Waals surface area contributed by atoms with Crippen LogP contribution in [-0.4, -0.2) is 62.1 Å². The first-order chi connectivity index (χ1) is 11.6. The molecule has 3 N–H and O–H groups in total. The topological polar surface area (TPSA) is 56.9 Å². The first-order valence-corrected chi connectivity index (χ1v) is 9.16. The number of hydrogen-bond acceptors (Lipinski definition) is 3. The van der Waals surface area contributed by atoms with Gasteiger partial charge in [0.15, 0.2) is 5.96 Å². The monoisotopic (exact) mass is 459 g/mol. The summed E-state index contributed by atoms with van der Waals surface area (Å²) in [6, 6.07) is 8.48. The summed E-state index contributed by atoms with van der Waals surface area (Å²) in [5.41, 5.74) is 8.38. The zero-order valence-electron chi connectivity index (χ0n) is 15.9. The van der Waals surface area contributed by atoms with Crippen molar-refractivity contribution < 1.29 is 0 Å². The van der Waals surface area contributed by atoms with Crippen LogP contribution in [0.4, 0.5) is 5.69 Å². The Kier molecular flexibility index (Phi) is 10.4. The van der Waals surface area contributed by atoms with E-state index in [1.165, 1.54) is 18.5 Å². The lowest BCUT2D eigenvalue weighted by atomic mass is 9.99. The van der Waals surface area contributed by atoms with E-state index < -0.39 is 0 Å². The number of rotatable bonds is 6. The van der Waals surface area contributed by atoms with E-state index >= 15 is 0 Å². The van der Waals surface area contributed by atoms with Crippen molar-refractivity contribution in [3.8, 4) is 0 Å². The molecule has 0 aliphatic carbocycles. The van der Waals surface area contributed by atoms with Crippen molar-refractivity contribution >= 4 is 35.6 Å². The van der Waals surface area contributed by atoms with Gasteiger partial charge in [0.25, 0.3) is 0 Å². The number of nitrogens with two attached hydrogens (primary N) is 1. The zero-order chi connectivity index (χ0) is 17.4. The van der Waals surface area contributed by atoms with Crippen LogP contribution < -0.4 is 11.1 Å². The minimum Gasteiger partial charge on any atom is -0.370 e. The molecule has 1 saturated heterocycles. The van der Waals surface area contributed by atoms with Crippen molar-refractivity contribution in [2.24, 2.45) is 10.7 Å². The molecule has 1 aromatic rings. The smallest absolute Gasteiger partial charge is 0.193 e. The van der Waals surface area contributed by atoms with E-state index in [9.17, 15) is 0 Å². The van der Waals surface area contributed by atoms with Crippen molar-refractivity contribution in [2.75, 3.05) is 51.6 Å². The number of likely N-dealkylation sites (N-methyl/N-ethyl adjacent to an activating group) is 1.